The molecule has 0 aliphatic carbocycles. The summed E-state index contributed by atoms with van der Waals surface area (Å²) in [6.07, 6.45) is 0. The molecular weight excluding hydrogens is 153 g/mol. The maximum Gasteiger partial charge on any atom is 0.0598 e. The molecule has 0 bridgehead atoms. The van der Waals surface area contributed by atoms with Crippen molar-refractivity contribution in [3.05, 3.63) is 6.92 Å². The van der Waals surface area contributed by atoms with Crippen molar-refractivity contribution in [1.82, 2.24) is 0 Å². The maximum atomic E-state index is 5.12. The van der Waals surface area contributed by atoms with E-state index in [4.69, 9.17) is 4.74 Å². The second-order valence-electron chi connectivity index (χ2n) is 2.46. The van der Waals surface area contributed by atoms with Crippen LogP contribution in [0, 0.1) is 6.92 Å². The van der Waals surface area contributed by atoms with Crippen molar-refractivity contribution in [3.8, 4) is 0 Å². The van der Waals surface area contributed by atoms with Crippen molar-refractivity contribution in [2.24, 2.45) is 0 Å². The fourth-order valence-corrected chi connectivity index (χ4v) is 0.306. The van der Waals surface area contributed by atoms with Crippen LogP contribution in [0.1, 0.15) is 20.8 Å². The van der Waals surface area contributed by atoms with Gasteiger partial charge in [0.25, 0.3) is 0 Å². The molecule has 0 aromatic rings. The van der Waals surface area contributed by atoms with Gasteiger partial charge in [0.15, 0.2) is 0 Å². The van der Waals surface area contributed by atoms with E-state index < -0.39 is 0 Å². The Kier molecular flexibility index (Phi) is 6.35. The largest absolute Gasteiger partial charge is 0.376 e. The van der Waals surface area contributed by atoms with Gasteiger partial charge in [0.05, 0.1) is 5.60 Å². The fourth-order valence-electron chi connectivity index (χ4n) is 0.306. The molecule has 0 atom stereocenters. The van der Waals surface area contributed by atoms with E-state index in [-0.39, 0.29) is 25.1 Å². The molecule has 0 saturated carbocycles. The van der Waals surface area contributed by atoms with E-state index in [1.807, 2.05) is 20.8 Å². The first kappa shape index (κ1) is 11.4. The molecule has 0 spiro atoms. The summed E-state index contributed by atoms with van der Waals surface area (Å²) >= 11 is 0. The predicted octanol–water partition coefficient (Wildman–Crippen LogP) is 1.63. The van der Waals surface area contributed by atoms with E-state index in [9.17, 15) is 0 Å². The number of hydrogen-bond donors (Lipinski definition) is 0. The monoisotopic (exact) mass is 165 g/mol. The average Bonchev–Trinajstić information content (AvgIpc) is 1.30. The van der Waals surface area contributed by atoms with Gasteiger partial charge in [-0.2, -0.15) is 0 Å². The van der Waals surface area contributed by atoms with E-state index in [1.165, 1.54) is 0 Å². The maximum absolute atomic E-state index is 5.12. The number of ether oxygens (including phenoxy) is 1. The molecule has 0 aliphatic rings. The van der Waals surface area contributed by atoms with Crippen LogP contribution in [0.4, 0.5) is 0 Å². The topological polar surface area (TPSA) is 9.23 Å². The Labute approximate surface area is 64.6 Å². The first-order valence-corrected chi connectivity index (χ1v) is 2.49. The molecule has 0 saturated heterocycles. The molecule has 0 heterocycles. The first-order valence-electron chi connectivity index (χ1n) is 2.49. The number of rotatable bonds is 1. The summed E-state index contributed by atoms with van der Waals surface area (Å²) < 4.78 is 5.12. The van der Waals surface area contributed by atoms with Crippen molar-refractivity contribution in [3.63, 3.8) is 0 Å². The van der Waals surface area contributed by atoms with Crippen molar-refractivity contribution in [2.75, 3.05) is 6.61 Å². The predicted molar refractivity (Wildman–Crippen MR) is 31.1 cm³/mol. The molecule has 0 N–H and O–H groups in total. The third-order valence-electron chi connectivity index (χ3n) is 0.535. The molecule has 0 aliphatic heterocycles. The Balaban J connectivity index is 0. The van der Waals surface area contributed by atoms with Crippen LogP contribution in [-0.2, 0) is 24.2 Å². The fraction of sp³-hybridized carbons (Fsp3) is 0.833. The minimum Gasteiger partial charge on any atom is -0.376 e. The number of hydrogen-bond acceptors (Lipinski definition) is 1. The van der Waals surface area contributed by atoms with Crippen LogP contribution < -0.4 is 0 Å². The third-order valence-corrected chi connectivity index (χ3v) is 0.535. The SMILES string of the molecule is [CH2]COC(C)(C)C.[Zn]. The Morgan fingerprint density at radius 2 is 1.75 bits per heavy atom. The Morgan fingerprint density at radius 3 is 1.75 bits per heavy atom. The average molecular weight is 167 g/mol. The van der Waals surface area contributed by atoms with Crippen LogP contribution in [0.25, 0.3) is 0 Å². The summed E-state index contributed by atoms with van der Waals surface area (Å²) in [6.45, 7) is 10.1. The summed E-state index contributed by atoms with van der Waals surface area (Å²) in [4.78, 5) is 0. The van der Waals surface area contributed by atoms with E-state index in [0.29, 0.717) is 6.61 Å². The van der Waals surface area contributed by atoms with Crippen LogP contribution in [0.15, 0.2) is 0 Å². The van der Waals surface area contributed by atoms with Gasteiger partial charge in [0.1, 0.15) is 0 Å². The van der Waals surface area contributed by atoms with Crippen molar-refractivity contribution >= 4 is 0 Å². The summed E-state index contributed by atoms with van der Waals surface area (Å²) in [5.41, 5.74) is -0.0122. The van der Waals surface area contributed by atoms with Gasteiger partial charge < -0.3 is 4.74 Å². The zero-order valence-corrected chi connectivity index (χ0v) is 9.00. The molecule has 0 aromatic heterocycles. The molecule has 45 valence electrons. The van der Waals surface area contributed by atoms with Gasteiger partial charge in [-0.15, -0.1) is 0 Å². The van der Waals surface area contributed by atoms with Crippen molar-refractivity contribution < 1.29 is 24.2 Å². The molecule has 2 heteroatoms. The van der Waals surface area contributed by atoms with Gasteiger partial charge in [0, 0.05) is 26.1 Å². The van der Waals surface area contributed by atoms with Crippen molar-refractivity contribution in [2.45, 2.75) is 26.4 Å². The molecule has 0 rings (SSSR count). The Hall–Kier alpha value is 0.583. The minimum atomic E-state index is -0.0122. The zero-order chi connectivity index (χ0) is 5.91. The van der Waals surface area contributed by atoms with Crippen LogP contribution in [-0.4, -0.2) is 12.2 Å². The molecule has 0 amide bonds. The molecule has 1 radical (unpaired) electrons. The van der Waals surface area contributed by atoms with Gasteiger partial charge in [-0.05, 0) is 27.7 Å². The summed E-state index contributed by atoms with van der Waals surface area (Å²) in [6, 6.07) is 0. The Bertz CT molecular complexity index is 47.0. The summed E-state index contributed by atoms with van der Waals surface area (Å²) in [7, 11) is 0. The van der Waals surface area contributed by atoms with E-state index >= 15 is 0 Å². The van der Waals surface area contributed by atoms with Gasteiger partial charge in [-0.3, -0.25) is 0 Å². The van der Waals surface area contributed by atoms with E-state index in [2.05, 4.69) is 6.92 Å². The van der Waals surface area contributed by atoms with Crippen LogP contribution >= 0.6 is 0 Å². The molecule has 0 aromatic carbocycles. The van der Waals surface area contributed by atoms with Gasteiger partial charge >= 0.3 is 0 Å². The van der Waals surface area contributed by atoms with Crippen LogP contribution in [0.5, 0.6) is 0 Å². The molecular formula is C6H13OZn. The second-order valence-corrected chi connectivity index (χ2v) is 2.46. The molecule has 8 heavy (non-hydrogen) atoms. The summed E-state index contributed by atoms with van der Waals surface area (Å²) in [5, 5.41) is 0. The molecule has 1 nitrogen and oxygen atoms in total. The standard InChI is InChI=1S/C6H13O.Zn/c1-5-7-6(2,3)4;/h1,5H2,2-4H3;. The third kappa shape index (κ3) is 9.77. The van der Waals surface area contributed by atoms with Crippen LogP contribution in [0.3, 0.4) is 0 Å². The van der Waals surface area contributed by atoms with Gasteiger partial charge in [-0.1, -0.05) is 0 Å². The van der Waals surface area contributed by atoms with Crippen molar-refractivity contribution in [1.29, 1.82) is 0 Å². The minimum absolute atomic E-state index is 0. The Morgan fingerprint density at radius 1 is 1.38 bits per heavy atom. The first-order chi connectivity index (χ1) is 3.06. The molecule has 0 fully saturated rings. The normalized spacial score (nSPS) is 10.5. The van der Waals surface area contributed by atoms with E-state index in [0.717, 1.165) is 0 Å². The summed E-state index contributed by atoms with van der Waals surface area (Å²) in [5.74, 6) is 0. The van der Waals surface area contributed by atoms with Gasteiger partial charge in [0.2, 0.25) is 0 Å². The van der Waals surface area contributed by atoms with Gasteiger partial charge in [-0.25, -0.2) is 0 Å². The zero-order valence-electron chi connectivity index (χ0n) is 6.03. The smallest absolute Gasteiger partial charge is 0.0598 e. The van der Waals surface area contributed by atoms with E-state index in [1.54, 1.807) is 0 Å². The quantitative estimate of drug-likeness (QED) is 0.538. The second kappa shape index (κ2) is 4.46. The molecule has 0 unspecified atom stereocenters. The van der Waals surface area contributed by atoms with Crippen LogP contribution in [0.2, 0.25) is 0 Å².